The first-order valence-corrected chi connectivity index (χ1v) is 4.41. The van der Waals surface area contributed by atoms with E-state index in [1.807, 2.05) is 6.07 Å². The van der Waals surface area contributed by atoms with Gasteiger partial charge in [0.1, 0.15) is 6.07 Å². The monoisotopic (exact) mass is 208 g/mol. The highest BCUT2D eigenvalue weighted by Gasteiger charge is 2.47. The van der Waals surface area contributed by atoms with E-state index in [1.165, 1.54) is 13.0 Å². The molecule has 2 atom stereocenters. The second-order valence-corrected chi connectivity index (χ2v) is 3.24. The molecule has 2 aliphatic rings. The van der Waals surface area contributed by atoms with Crippen molar-refractivity contribution in [2.24, 2.45) is 0 Å². The van der Waals surface area contributed by atoms with Crippen molar-refractivity contribution in [1.82, 2.24) is 4.90 Å². The SMILES string of the molecule is CC(=O)N1C(=O)O[C@H]2CC=C(C#N)O[C@@H]21. The molecule has 0 saturated carbocycles. The number of nitrogens with zero attached hydrogens (tertiary/aromatic N) is 2. The average Bonchev–Trinajstić information content (AvgIpc) is 2.52. The first-order chi connectivity index (χ1) is 7.13. The molecule has 0 bridgehead atoms. The summed E-state index contributed by atoms with van der Waals surface area (Å²) >= 11 is 0. The summed E-state index contributed by atoms with van der Waals surface area (Å²) in [6, 6.07) is 1.82. The van der Waals surface area contributed by atoms with Crippen LogP contribution in [0.5, 0.6) is 0 Å². The molecule has 1 saturated heterocycles. The van der Waals surface area contributed by atoms with Crippen molar-refractivity contribution in [3.63, 3.8) is 0 Å². The summed E-state index contributed by atoms with van der Waals surface area (Å²) in [5.41, 5.74) is 0. The highest BCUT2D eigenvalue weighted by molar-refractivity contribution is 5.92. The molecule has 0 aliphatic carbocycles. The lowest BCUT2D eigenvalue weighted by Gasteiger charge is -2.25. The zero-order chi connectivity index (χ0) is 11.0. The van der Waals surface area contributed by atoms with Gasteiger partial charge < -0.3 is 9.47 Å². The average molecular weight is 208 g/mol. The smallest absolute Gasteiger partial charge is 0.420 e. The minimum atomic E-state index is -0.797. The first-order valence-electron chi connectivity index (χ1n) is 4.41. The molecule has 0 spiro atoms. The third kappa shape index (κ3) is 1.42. The highest BCUT2D eigenvalue weighted by Crippen LogP contribution is 2.29. The Morgan fingerprint density at radius 2 is 2.40 bits per heavy atom. The maximum atomic E-state index is 11.3. The number of fused-ring (bicyclic) bond motifs is 1. The Kier molecular flexibility index (Phi) is 2.08. The molecule has 6 heteroatoms. The van der Waals surface area contributed by atoms with E-state index in [-0.39, 0.29) is 5.76 Å². The van der Waals surface area contributed by atoms with E-state index in [1.54, 1.807) is 0 Å². The molecule has 78 valence electrons. The lowest BCUT2D eigenvalue weighted by molar-refractivity contribution is -0.133. The summed E-state index contributed by atoms with van der Waals surface area (Å²) in [6.07, 6.45) is -0.0838. The van der Waals surface area contributed by atoms with Crippen LogP contribution in [0.1, 0.15) is 13.3 Å². The van der Waals surface area contributed by atoms with Crippen LogP contribution in [0.4, 0.5) is 4.79 Å². The predicted octanol–water partition coefficient (Wildman–Crippen LogP) is 0.508. The Morgan fingerprint density at radius 1 is 1.67 bits per heavy atom. The van der Waals surface area contributed by atoms with Gasteiger partial charge in [0.15, 0.2) is 11.9 Å². The molecule has 2 amide bonds. The normalized spacial score (nSPS) is 28.4. The molecule has 0 aromatic heterocycles. The quantitative estimate of drug-likeness (QED) is 0.579. The molecule has 0 aromatic rings. The molecule has 0 aromatic carbocycles. The summed E-state index contributed by atoms with van der Waals surface area (Å²) < 4.78 is 10.1. The summed E-state index contributed by atoms with van der Waals surface area (Å²) in [5, 5.41) is 8.63. The van der Waals surface area contributed by atoms with Crippen LogP contribution in [-0.2, 0) is 14.3 Å². The van der Waals surface area contributed by atoms with Crippen molar-refractivity contribution in [2.75, 3.05) is 0 Å². The van der Waals surface area contributed by atoms with E-state index in [0.717, 1.165) is 4.90 Å². The fraction of sp³-hybridized carbons (Fsp3) is 0.444. The number of hydrogen-bond donors (Lipinski definition) is 0. The van der Waals surface area contributed by atoms with E-state index in [9.17, 15) is 9.59 Å². The van der Waals surface area contributed by atoms with E-state index >= 15 is 0 Å². The van der Waals surface area contributed by atoms with Gasteiger partial charge in [-0.1, -0.05) is 0 Å². The van der Waals surface area contributed by atoms with Crippen LogP contribution in [0.25, 0.3) is 0 Å². The molecule has 2 aliphatic heterocycles. The Balaban J connectivity index is 2.25. The fourth-order valence-electron chi connectivity index (χ4n) is 1.59. The Hall–Kier alpha value is -2.03. The van der Waals surface area contributed by atoms with Crippen molar-refractivity contribution in [3.05, 3.63) is 11.8 Å². The molecule has 1 fully saturated rings. The number of amides is 2. The van der Waals surface area contributed by atoms with Crippen LogP contribution in [0, 0.1) is 11.3 Å². The molecule has 15 heavy (non-hydrogen) atoms. The van der Waals surface area contributed by atoms with Crippen LogP contribution in [0.15, 0.2) is 11.8 Å². The van der Waals surface area contributed by atoms with Crippen LogP contribution < -0.4 is 0 Å². The number of allylic oxidation sites excluding steroid dienone is 1. The minimum absolute atomic E-state index is 0.112. The molecular weight excluding hydrogens is 200 g/mol. The number of ether oxygens (including phenoxy) is 2. The van der Waals surface area contributed by atoms with Gasteiger partial charge in [-0.15, -0.1) is 0 Å². The highest BCUT2D eigenvalue weighted by atomic mass is 16.6. The minimum Gasteiger partial charge on any atom is -0.456 e. The van der Waals surface area contributed by atoms with E-state index < -0.39 is 24.3 Å². The van der Waals surface area contributed by atoms with Gasteiger partial charge in [0.2, 0.25) is 12.1 Å². The summed E-state index contributed by atoms with van der Waals surface area (Å²) in [6.45, 7) is 1.25. The van der Waals surface area contributed by atoms with Crippen molar-refractivity contribution in [2.45, 2.75) is 25.7 Å². The van der Waals surface area contributed by atoms with Gasteiger partial charge in [0, 0.05) is 13.3 Å². The molecule has 2 heterocycles. The fourth-order valence-corrected chi connectivity index (χ4v) is 1.59. The van der Waals surface area contributed by atoms with Crippen LogP contribution in [-0.4, -0.2) is 29.2 Å². The third-order valence-corrected chi connectivity index (χ3v) is 2.25. The largest absolute Gasteiger partial charge is 0.456 e. The predicted molar refractivity (Wildman–Crippen MR) is 46.0 cm³/mol. The number of rotatable bonds is 0. The van der Waals surface area contributed by atoms with E-state index in [4.69, 9.17) is 14.7 Å². The van der Waals surface area contributed by atoms with Gasteiger partial charge >= 0.3 is 6.09 Å². The van der Waals surface area contributed by atoms with Crippen molar-refractivity contribution in [3.8, 4) is 6.07 Å². The van der Waals surface area contributed by atoms with Gasteiger partial charge in [0.25, 0.3) is 0 Å². The Morgan fingerprint density at radius 3 is 3.00 bits per heavy atom. The molecule has 0 N–H and O–H groups in total. The number of carbonyl (C=O) groups excluding carboxylic acids is 2. The second kappa shape index (κ2) is 3.28. The number of carbonyl (C=O) groups is 2. The summed E-state index contributed by atoms with van der Waals surface area (Å²) in [7, 11) is 0. The van der Waals surface area contributed by atoms with Gasteiger partial charge in [-0.2, -0.15) is 5.26 Å². The number of nitriles is 1. The maximum absolute atomic E-state index is 11.3. The number of hydrogen-bond acceptors (Lipinski definition) is 5. The third-order valence-electron chi connectivity index (χ3n) is 2.25. The zero-order valence-electron chi connectivity index (χ0n) is 7.97. The van der Waals surface area contributed by atoms with E-state index in [0.29, 0.717) is 6.42 Å². The van der Waals surface area contributed by atoms with Crippen LogP contribution in [0.2, 0.25) is 0 Å². The summed E-state index contributed by atoms with van der Waals surface area (Å²) in [5.74, 6) is -0.340. The lowest BCUT2D eigenvalue weighted by Crippen LogP contribution is -2.42. The van der Waals surface area contributed by atoms with Crippen LogP contribution >= 0.6 is 0 Å². The van der Waals surface area contributed by atoms with Gasteiger partial charge in [-0.25, -0.2) is 9.69 Å². The molecule has 6 nitrogen and oxygen atoms in total. The van der Waals surface area contributed by atoms with Gasteiger partial charge in [-0.05, 0) is 6.08 Å². The van der Waals surface area contributed by atoms with Gasteiger partial charge in [-0.3, -0.25) is 4.79 Å². The maximum Gasteiger partial charge on any atom is 0.420 e. The van der Waals surface area contributed by atoms with Crippen molar-refractivity contribution in [1.29, 1.82) is 5.26 Å². The summed E-state index contributed by atoms with van der Waals surface area (Å²) in [4.78, 5) is 23.3. The lowest BCUT2D eigenvalue weighted by atomic mass is 10.1. The van der Waals surface area contributed by atoms with Gasteiger partial charge in [0.05, 0.1) is 0 Å². The van der Waals surface area contributed by atoms with Crippen LogP contribution in [0.3, 0.4) is 0 Å². The molecular formula is C9H8N2O4. The Bertz CT molecular complexity index is 395. The molecule has 0 radical (unpaired) electrons. The van der Waals surface area contributed by atoms with Crippen molar-refractivity contribution >= 4 is 12.0 Å². The topological polar surface area (TPSA) is 79.6 Å². The first kappa shape index (κ1) is 9.52. The Labute approximate surface area is 85.7 Å². The molecule has 0 unspecified atom stereocenters. The standard InChI is InChI=1S/C9H8N2O4/c1-5(12)11-8-7(15-9(11)13)3-2-6(4-10)14-8/h2,7-8H,3H2,1H3/t7-,8-/m0/s1. The number of imide groups is 1. The van der Waals surface area contributed by atoms with Crippen molar-refractivity contribution < 1.29 is 19.1 Å². The molecule has 2 rings (SSSR count). The zero-order valence-corrected chi connectivity index (χ0v) is 7.97. The second-order valence-electron chi connectivity index (χ2n) is 3.24. The van der Waals surface area contributed by atoms with E-state index in [2.05, 4.69) is 0 Å².